The van der Waals surface area contributed by atoms with Crippen LogP contribution in [0.2, 0.25) is 0 Å². The van der Waals surface area contributed by atoms with Crippen molar-refractivity contribution in [3.05, 3.63) is 23.4 Å². The fourth-order valence-electron chi connectivity index (χ4n) is 2.79. The van der Waals surface area contributed by atoms with Crippen molar-refractivity contribution >= 4 is 23.0 Å². The molecule has 1 heterocycles. The molecular weight excluding hydrogens is 254 g/mol. The number of hydrogen-bond donors (Lipinski definition) is 2. The average Bonchev–Trinajstić information content (AvgIpc) is 2.31. The summed E-state index contributed by atoms with van der Waals surface area (Å²) in [4.78, 5) is 4.98. The van der Waals surface area contributed by atoms with Crippen LogP contribution in [-0.2, 0) is 0 Å². The fraction of sp³-hybridized carbons (Fsp3) is 0.600. The van der Waals surface area contributed by atoms with Crippen LogP contribution < -0.4 is 11.1 Å². The Kier molecular flexibility index (Phi) is 4.09. The van der Waals surface area contributed by atoms with Gasteiger partial charge in [-0.1, -0.05) is 38.9 Å². The molecule has 0 aliphatic heterocycles. The number of hydrogen-bond acceptors (Lipinski definition) is 3. The van der Waals surface area contributed by atoms with Gasteiger partial charge in [0.05, 0.1) is 5.56 Å². The zero-order valence-corrected chi connectivity index (χ0v) is 12.8. The number of nitrogens with one attached hydrogen (secondary N) is 1. The number of nitrogens with zero attached hydrogens (tertiary/aromatic N) is 1. The summed E-state index contributed by atoms with van der Waals surface area (Å²) < 4.78 is 0. The van der Waals surface area contributed by atoms with Crippen LogP contribution in [0, 0.1) is 12.3 Å². The maximum Gasteiger partial charge on any atom is 0.136 e. The van der Waals surface area contributed by atoms with E-state index in [4.69, 9.17) is 18.0 Å². The van der Waals surface area contributed by atoms with Gasteiger partial charge in [-0.15, -0.1) is 0 Å². The molecule has 2 rings (SSSR count). The van der Waals surface area contributed by atoms with Gasteiger partial charge in [0.25, 0.3) is 0 Å². The maximum absolute atomic E-state index is 5.79. The van der Waals surface area contributed by atoms with Gasteiger partial charge in [0.15, 0.2) is 0 Å². The lowest BCUT2D eigenvalue weighted by molar-refractivity contribution is 0.216. The molecule has 1 atom stereocenters. The normalized spacial score (nSPS) is 21.9. The molecule has 1 aromatic rings. The third kappa shape index (κ3) is 3.24. The topological polar surface area (TPSA) is 50.9 Å². The second-order valence-corrected chi connectivity index (χ2v) is 6.58. The molecular formula is C15H23N3S. The largest absolute Gasteiger partial charge is 0.389 e. The van der Waals surface area contributed by atoms with E-state index in [-0.39, 0.29) is 5.41 Å². The van der Waals surface area contributed by atoms with E-state index in [9.17, 15) is 0 Å². The van der Waals surface area contributed by atoms with E-state index in [1.54, 1.807) is 0 Å². The van der Waals surface area contributed by atoms with Crippen LogP contribution in [-0.4, -0.2) is 16.0 Å². The Hall–Kier alpha value is -1.16. The van der Waals surface area contributed by atoms with Crippen molar-refractivity contribution in [2.75, 3.05) is 5.32 Å². The molecule has 0 amide bonds. The molecule has 1 fully saturated rings. The lowest BCUT2D eigenvalue weighted by Gasteiger charge is -2.39. The van der Waals surface area contributed by atoms with Crippen LogP contribution in [0.1, 0.15) is 50.8 Å². The van der Waals surface area contributed by atoms with E-state index < -0.39 is 0 Å². The second-order valence-electron chi connectivity index (χ2n) is 6.14. The first kappa shape index (κ1) is 14.3. The lowest BCUT2D eigenvalue weighted by atomic mass is 9.73. The Bertz CT molecular complexity index is 482. The minimum Gasteiger partial charge on any atom is -0.389 e. The van der Waals surface area contributed by atoms with Gasteiger partial charge in [0.2, 0.25) is 0 Å². The smallest absolute Gasteiger partial charge is 0.136 e. The number of aryl methyl sites for hydroxylation is 1. The molecule has 0 radical (unpaired) electrons. The highest BCUT2D eigenvalue weighted by Gasteiger charge is 2.32. The first-order valence-electron chi connectivity index (χ1n) is 6.94. The van der Waals surface area contributed by atoms with Crippen molar-refractivity contribution < 1.29 is 0 Å². The number of rotatable bonds is 3. The highest BCUT2D eigenvalue weighted by atomic mass is 32.1. The molecule has 0 spiro atoms. The van der Waals surface area contributed by atoms with E-state index in [1.807, 2.05) is 19.1 Å². The minimum absolute atomic E-state index is 0.289. The van der Waals surface area contributed by atoms with Gasteiger partial charge in [-0.2, -0.15) is 0 Å². The van der Waals surface area contributed by atoms with Gasteiger partial charge >= 0.3 is 0 Å². The summed E-state index contributed by atoms with van der Waals surface area (Å²) in [5.41, 5.74) is 7.91. The Morgan fingerprint density at radius 2 is 2.16 bits per heavy atom. The van der Waals surface area contributed by atoms with Crippen molar-refractivity contribution in [3.63, 3.8) is 0 Å². The molecule has 1 aliphatic rings. The predicted molar refractivity (Wildman–Crippen MR) is 84.5 cm³/mol. The molecule has 19 heavy (non-hydrogen) atoms. The van der Waals surface area contributed by atoms with Crippen molar-refractivity contribution in [2.45, 2.75) is 52.5 Å². The SMILES string of the molecule is Cc1ccc(C(N)=S)c(NC2CCCCC2(C)C)n1. The molecule has 3 nitrogen and oxygen atoms in total. The van der Waals surface area contributed by atoms with Gasteiger partial charge in [-0.3, -0.25) is 0 Å². The summed E-state index contributed by atoms with van der Waals surface area (Å²) >= 11 is 5.12. The summed E-state index contributed by atoms with van der Waals surface area (Å²) in [6.07, 6.45) is 5.02. The highest BCUT2D eigenvalue weighted by molar-refractivity contribution is 7.80. The average molecular weight is 277 g/mol. The third-order valence-corrected chi connectivity index (χ3v) is 4.34. The van der Waals surface area contributed by atoms with Gasteiger partial charge in [-0.05, 0) is 37.3 Å². The number of nitrogens with two attached hydrogens (primary N) is 1. The maximum atomic E-state index is 5.79. The third-order valence-electron chi connectivity index (χ3n) is 4.12. The van der Waals surface area contributed by atoms with Gasteiger partial charge in [0, 0.05) is 11.7 Å². The molecule has 3 N–H and O–H groups in total. The van der Waals surface area contributed by atoms with Crippen molar-refractivity contribution in [1.29, 1.82) is 0 Å². The number of aromatic nitrogens is 1. The molecule has 0 aromatic carbocycles. The quantitative estimate of drug-likeness (QED) is 0.831. The molecule has 0 bridgehead atoms. The molecule has 104 valence electrons. The van der Waals surface area contributed by atoms with Crippen LogP contribution >= 0.6 is 12.2 Å². The van der Waals surface area contributed by atoms with E-state index >= 15 is 0 Å². The van der Waals surface area contributed by atoms with Gasteiger partial charge in [0.1, 0.15) is 10.8 Å². The fourth-order valence-corrected chi connectivity index (χ4v) is 2.96. The summed E-state index contributed by atoms with van der Waals surface area (Å²) in [5, 5.41) is 3.58. The Labute approximate surface area is 121 Å². The molecule has 1 saturated carbocycles. The minimum atomic E-state index is 0.289. The number of thiocarbonyl (C=S) groups is 1. The summed E-state index contributed by atoms with van der Waals surface area (Å²) in [7, 11) is 0. The van der Waals surface area contributed by atoms with Crippen molar-refractivity contribution in [2.24, 2.45) is 11.1 Å². The van der Waals surface area contributed by atoms with Crippen LogP contribution in [0.4, 0.5) is 5.82 Å². The summed E-state index contributed by atoms with van der Waals surface area (Å²) in [6, 6.07) is 4.35. The van der Waals surface area contributed by atoms with Crippen molar-refractivity contribution in [1.82, 2.24) is 4.98 Å². The summed E-state index contributed by atoms with van der Waals surface area (Å²) in [6.45, 7) is 6.63. The van der Waals surface area contributed by atoms with Crippen LogP contribution in [0.15, 0.2) is 12.1 Å². The van der Waals surface area contributed by atoms with Crippen molar-refractivity contribution in [3.8, 4) is 0 Å². The molecule has 1 unspecified atom stereocenters. The zero-order chi connectivity index (χ0) is 14.0. The number of anilines is 1. The molecule has 4 heteroatoms. The Morgan fingerprint density at radius 3 is 2.79 bits per heavy atom. The van der Waals surface area contributed by atoms with Crippen LogP contribution in [0.5, 0.6) is 0 Å². The van der Waals surface area contributed by atoms with Gasteiger partial charge < -0.3 is 11.1 Å². The molecule has 1 aromatic heterocycles. The van der Waals surface area contributed by atoms with E-state index in [0.29, 0.717) is 11.0 Å². The highest BCUT2D eigenvalue weighted by Crippen LogP contribution is 2.37. The van der Waals surface area contributed by atoms with E-state index in [2.05, 4.69) is 24.1 Å². The molecule has 0 saturated heterocycles. The molecule has 1 aliphatic carbocycles. The number of pyridine rings is 1. The van der Waals surface area contributed by atoms with Crippen LogP contribution in [0.3, 0.4) is 0 Å². The Morgan fingerprint density at radius 1 is 1.42 bits per heavy atom. The monoisotopic (exact) mass is 277 g/mol. The van der Waals surface area contributed by atoms with Crippen LogP contribution in [0.25, 0.3) is 0 Å². The zero-order valence-electron chi connectivity index (χ0n) is 12.0. The van der Waals surface area contributed by atoms with E-state index in [1.165, 1.54) is 25.7 Å². The first-order chi connectivity index (χ1) is 8.90. The first-order valence-corrected chi connectivity index (χ1v) is 7.35. The lowest BCUT2D eigenvalue weighted by Crippen LogP contribution is -2.39. The summed E-state index contributed by atoms with van der Waals surface area (Å²) in [5.74, 6) is 0.840. The second kappa shape index (κ2) is 5.45. The predicted octanol–water partition coefficient (Wildman–Crippen LogP) is 3.40. The standard InChI is InChI=1S/C15H23N3S/c1-10-7-8-11(13(16)19)14(17-10)18-12-6-4-5-9-15(12,2)3/h7-8,12H,4-6,9H2,1-3H3,(H2,16,19)(H,17,18). The van der Waals surface area contributed by atoms with Gasteiger partial charge in [-0.25, -0.2) is 4.98 Å². The Balaban J connectivity index is 2.27. The van der Waals surface area contributed by atoms with E-state index in [0.717, 1.165) is 17.1 Å².